The van der Waals surface area contributed by atoms with E-state index in [1.807, 2.05) is 19.1 Å². The minimum atomic E-state index is -0.176. The van der Waals surface area contributed by atoms with Crippen LogP contribution in [0, 0.1) is 0 Å². The molecule has 18 heavy (non-hydrogen) atoms. The van der Waals surface area contributed by atoms with E-state index in [0.29, 0.717) is 17.9 Å². The Kier molecular flexibility index (Phi) is 5.45. The smallest absolute Gasteiger partial charge is 0.257 e. The Hall–Kier alpha value is -1.75. The lowest BCUT2D eigenvalue weighted by Gasteiger charge is -2.14. The van der Waals surface area contributed by atoms with E-state index in [4.69, 9.17) is 15.2 Å². The van der Waals surface area contributed by atoms with Gasteiger partial charge in [-0.1, -0.05) is 6.07 Å². The van der Waals surface area contributed by atoms with Crippen LogP contribution in [0.25, 0.3) is 0 Å². The fraction of sp³-hybridized carbons (Fsp3) is 0.462. The van der Waals surface area contributed by atoms with Crippen molar-refractivity contribution in [3.05, 3.63) is 23.8 Å². The van der Waals surface area contributed by atoms with Crippen LogP contribution in [0.4, 0.5) is 0 Å². The average Bonchev–Trinajstić information content (AvgIpc) is 2.36. The van der Waals surface area contributed by atoms with Gasteiger partial charge in [0.2, 0.25) is 0 Å². The van der Waals surface area contributed by atoms with Crippen LogP contribution < -0.4 is 20.5 Å². The van der Waals surface area contributed by atoms with Gasteiger partial charge in [0.15, 0.2) is 6.61 Å². The second kappa shape index (κ2) is 6.86. The molecule has 0 aliphatic heterocycles. The van der Waals surface area contributed by atoms with E-state index in [-0.39, 0.29) is 18.6 Å². The Balaban J connectivity index is 2.85. The summed E-state index contributed by atoms with van der Waals surface area (Å²) in [6.45, 7) is 1.91. The lowest BCUT2D eigenvalue weighted by Crippen LogP contribution is -2.25. The zero-order chi connectivity index (χ0) is 13.5. The Morgan fingerprint density at radius 2 is 2.22 bits per heavy atom. The first kappa shape index (κ1) is 14.3. The predicted octanol–water partition coefficient (Wildman–Crippen LogP) is 0.710. The Bertz CT molecular complexity index is 405. The van der Waals surface area contributed by atoms with Gasteiger partial charge in [-0.05, 0) is 25.0 Å². The normalized spacial score (nSPS) is 11.8. The molecule has 0 saturated carbocycles. The molecular weight excluding hydrogens is 232 g/mol. The highest BCUT2D eigenvalue weighted by Crippen LogP contribution is 2.25. The summed E-state index contributed by atoms with van der Waals surface area (Å²) in [6, 6.07) is 5.55. The highest BCUT2D eigenvalue weighted by Gasteiger charge is 2.09. The number of nitrogens with one attached hydrogen (secondary N) is 1. The van der Waals surface area contributed by atoms with Crippen molar-refractivity contribution in [3.8, 4) is 11.5 Å². The van der Waals surface area contributed by atoms with Crippen LogP contribution >= 0.6 is 0 Å². The number of carbonyl (C=O) groups is 1. The van der Waals surface area contributed by atoms with Gasteiger partial charge in [-0.25, -0.2) is 0 Å². The maximum absolute atomic E-state index is 11.2. The highest BCUT2D eigenvalue weighted by atomic mass is 16.5. The minimum absolute atomic E-state index is 0.0182. The van der Waals surface area contributed by atoms with Gasteiger partial charge in [-0.3, -0.25) is 4.79 Å². The molecule has 1 atom stereocenters. The first-order chi connectivity index (χ1) is 8.56. The van der Waals surface area contributed by atoms with Gasteiger partial charge >= 0.3 is 0 Å². The summed E-state index contributed by atoms with van der Waals surface area (Å²) in [5, 5.41) is 2.50. The third-order valence-corrected chi connectivity index (χ3v) is 2.45. The zero-order valence-electron chi connectivity index (χ0n) is 11.0. The van der Waals surface area contributed by atoms with E-state index in [1.54, 1.807) is 20.2 Å². The van der Waals surface area contributed by atoms with Crippen molar-refractivity contribution in [2.24, 2.45) is 5.73 Å². The van der Waals surface area contributed by atoms with E-state index >= 15 is 0 Å². The Labute approximate surface area is 107 Å². The van der Waals surface area contributed by atoms with Crippen LogP contribution in [-0.4, -0.2) is 32.7 Å². The van der Waals surface area contributed by atoms with Crippen molar-refractivity contribution < 1.29 is 14.3 Å². The van der Waals surface area contributed by atoms with Crippen molar-refractivity contribution in [2.75, 3.05) is 20.8 Å². The van der Waals surface area contributed by atoms with Crippen molar-refractivity contribution in [1.29, 1.82) is 0 Å². The van der Waals surface area contributed by atoms with Crippen LogP contribution in [-0.2, 0) is 11.2 Å². The van der Waals surface area contributed by atoms with Crippen LogP contribution in [0.3, 0.4) is 0 Å². The first-order valence-electron chi connectivity index (χ1n) is 5.82. The van der Waals surface area contributed by atoms with Crippen molar-refractivity contribution >= 4 is 5.91 Å². The number of methoxy groups -OCH3 is 1. The maximum Gasteiger partial charge on any atom is 0.257 e. The van der Waals surface area contributed by atoms with Crippen molar-refractivity contribution in [1.82, 2.24) is 5.32 Å². The molecule has 1 aromatic rings. The molecule has 0 saturated heterocycles. The molecule has 0 bridgehead atoms. The van der Waals surface area contributed by atoms with Crippen LogP contribution in [0.15, 0.2) is 18.2 Å². The van der Waals surface area contributed by atoms with Gasteiger partial charge in [0.25, 0.3) is 5.91 Å². The molecule has 0 aromatic heterocycles. The van der Waals surface area contributed by atoms with Crippen molar-refractivity contribution in [3.63, 3.8) is 0 Å². The molecule has 1 rings (SSSR count). The third-order valence-electron chi connectivity index (χ3n) is 2.45. The van der Waals surface area contributed by atoms with Gasteiger partial charge in [-0.15, -0.1) is 0 Å². The topological polar surface area (TPSA) is 73.6 Å². The molecule has 1 amide bonds. The number of benzene rings is 1. The summed E-state index contributed by atoms with van der Waals surface area (Å²) in [6.07, 6.45) is 0.688. The largest absolute Gasteiger partial charge is 0.497 e. The molecule has 3 N–H and O–H groups in total. The molecule has 0 spiro atoms. The minimum Gasteiger partial charge on any atom is -0.497 e. The van der Waals surface area contributed by atoms with E-state index in [2.05, 4.69) is 5.32 Å². The predicted molar refractivity (Wildman–Crippen MR) is 69.9 cm³/mol. The highest BCUT2D eigenvalue weighted by molar-refractivity contribution is 5.77. The quantitative estimate of drug-likeness (QED) is 0.782. The molecule has 1 unspecified atom stereocenters. The van der Waals surface area contributed by atoms with Gasteiger partial charge in [0.05, 0.1) is 7.11 Å². The van der Waals surface area contributed by atoms with E-state index < -0.39 is 0 Å². The second-order valence-electron chi connectivity index (χ2n) is 4.12. The molecule has 100 valence electrons. The van der Waals surface area contributed by atoms with Gasteiger partial charge in [-0.2, -0.15) is 0 Å². The lowest BCUT2D eigenvalue weighted by atomic mass is 10.1. The average molecular weight is 252 g/mol. The lowest BCUT2D eigenvalue weighted by molar-refractivity contribution is -0.122. The number of hydrogen-bond acceptors (Lipinski definition) is 4. The maximum atomic E-state index is 11.2. The van der Waals surface area contributed by atoms with E-state index in [0.717, 1.165) is 5.56 Å². The summed E-state index contributed by atoms with van der Waals surface area (Å²) in [7, 11) is 3.16. The summed E-state index contributed by atoms with van der Waals surface area (Å²) < 4.78 is 10.6. The molecule has 0 fully saturated rings. The number of rotatable bonds is 6. The Morgan fingerprint density at radius 3 is 2.78 bits per heavy atom. The molecule has 0 heterocycles. The van der Waals surface area contributed by atoms with E-state index in [1.165, 1.54) is 0 Å². The summed E-state index contributed by atoms with van der Waals surface area (Å²) >= 11 is 0. The molecular formula is C13H20N2O3. The monoisotopic (exact) mass is 252 g/mol. The second-order valence-corrected chi connectivity index (χ2v) is 4.12. The van der Waals surface area contributed by atoms with Crippen LogP contribution in [0.5, 0.6) is 11.5 Å². The van der Waals surface area contributed by atoms with Gasteiger partial charge in [0, 0.05) is 19.2 Å². The standard InChI is InChI=1S/C13H20N2O3/c1-9(14)6-10-4-5-11(17-3)7-12(10)18-8-13(16)15-2/h4-5,7,9H,6,8,14H2,1-3H3,(H,15,16). The molecule has 0 aliphatic carbocycles. The molecule has 5 nitrogen and oxygen atoms in total. The molecule has 0 aliphatic rings. The number of amides is 1. The van der Waals surface area contributed by atoms with Crippen molar-refractivity contribution in [2.45, 2.75) is 19.4 Å². The molecule has 0 radical (unpaired) electrons. The number of likely N-dealkylation sites (N-methyl/N-ethyl adjacent to an activating group) is 1. The fourth-order valence-corrected chi connectivity index (χ4v) is 1.53. The SMILES string of the molecule is CNC(=O)COc1cc(OC)ccc1CC(C)N. The number of nitrogens with two attached hydrogens (primary N) is 1. The van der Waals surface area contributed by atoms with Crippen LogP contribution in [0.2, 0.25) is 0 Å². The Morgan fingerprint density at radius 1 is 1.50 bits per heavy atom. The molecule has 5 heteroatoms. The fourth-order valence-electron chi connectivity index (χ4n) is 1.53. The number of hydrogen-bond donors (Lipinski definition) is 2. The number of ether oxygens (including phenoxy) is 2. The first-order valence-corrected chi connectivity index (χ1v) is 5.82. The third kappa shape index (κ3) is 4.25. The summed E-state index contributed by atoms with van der Waals surface area (Å²) in [4.78, 5) is 11.2. The zero-order valence-corrected chi connectivity index (χ0v) is 11.0. The van der Waals surface area contributed by atoms with Crippen LogP contribution in [0.1, 0.15) is 12.5 Å². The summed E-state index contributed by atoms with van der Waals surface area (Å²) in [5.74, 6) is 1.15. The van der Waals surface area contributed by atoms with E-state index in [9.17, 15) is 4.79 Å². The molecule has 1 aromatic carbocycles. The summed E-state index contributed by atoms with van der Waals surface area (Å²) in [5.41, 5.74) is 6.75. The van der Waals surface area contributed by atoms with Gasteiger partial charge in [0.1, 0.15) is 11.5 Å². The number of carbonyl (C=O) groups excluding carboxylic acids is 1. The van der Waals surface area contributed by atoms with Gasteiger partial charge < -0.3 is 20.5 Å².